The van der Waals surface area contributed by atoms with E-state index in [1.54, 1.807) is 18.2 Å². The van der Waals surface area contributed by atoms with Gasteiger partial charge in [0.2, 0.25) is 12.6 Å². The van der Waals surface area contributed by atoms with E-state index in [2.05, 4.69) is 13.2 Å². The highest BCUT2D eigenvalue weighted by Crippen LogP contribution is 2.47. The summed E-state index contributed by atoms with van der Waals surface area (Å²) in [4.78, 5) is 12.5. The van der Waals surface area contributed by atoms with Crippen LogP contribution in [0, 0.1) is 6.92 Å². The molecule has 1 unspecified atom stereocenters. The van der Waals surface area contributed by atoms with Crippen LogP contribution in [0.1, 0.15) is 41.2 Å². The molecular weight excluding hydrogens is 776 g/mol. The lowest BCUT2D eigenvalue weighted by molar-refractivity contribution is -0.296. The maximum atomic E-state index is 12.5. The van der Waals surface area contributed by atoms with Gasteiger partial charge >= 0.3 is 5.97 Å². The second-order valence-electron chi connectivity index (χ2n) is 14.2. The highest BCUT2D eigenvalue weighted by atomic mass is 16.7. The largest absolute Gasteiger partial charge is 0.571 e. The number of esters is 1. The number of hydrogen-bond donors (Lipinski definition) is 9. The van der Waals surface area contributed by atoms with Crippen LogP contribution in [0.25, 0.3) is 12.2 Å². The lowest BCUT2D eigenvalue weighted by Gasteiger charge is -2.40. The van der Waals surface area contributed by atoms with Crippen molar-refractivity contribution in [1.82, 2.24) is 0 Å². The van der Waals surface area contributed by atoms with Crippen molar-refractivity contribution in [3.05, 3.63) is 108 Å². The van der Waals surface area contributed by atoms with Gasteiger partial charge in [0, 0.05) is 31.1 Å². The number of aromatic hydroxyl groups is 5. The van der Waals surface area contributed by atoms with Crippen LogP contribution in [-0.4, -0.2) is 125 Å². The molecule has 3 aromatic rings. The zero-order valence-corrected chi connectivity index (χ0v) is 31.8. The van der Waals surface area contributed by atoms with E-state index in [1.807, 2.05) is 0 Å². The molecular formula is C42H47O17+. The Morgan fingerprint density at radius 3 is 2.31 bits per heavy atom. The molecule has 3 heterocycles. The van der Waals surface area contributed by atoms with Gasteiger partial charge in [-0.15, -0.1) is 6.58 Å². The van der Waals surface area contributed by atoms with Gasteiger partial charge in [0.15, 0.2) is 17.3 Å². The van der Waals surface area contributed by atoms with E-state index in [1.165, 1.54) is 55.5 Å². The number of phenols is 4. The monoisotopic (exact) mass is 823 g/mol. The molecule has 3 aliphatic heterocycles. The van der Waals surface area contributed by atoms with Crippen molar-refractivity contribution in [2.45, 2.75) is 81.2 Å². The Balaban J connectivity index is 1.28. The molecule has 17 nitrogen and oxygen atoms in total. The SMILES string of the molecule is C=CCC(=C)OC[C@@H]1C[C@H](O)[C@@H](O)[C@H](Oc2cc(O)cc3c2C=C(O[C@@H]2O[C@H](COC(=O)/C=C/c4ccc(O)cc4)[C@@H](O)[C@H](O)[C@H]2O)C(c2cc(C)c(O)c(O)c2)[OH+]3)O1. The molecule has 2 fully saturated rings. The maximum absolute atomic E-state index is 12.5. The molecule has 6 rings (SSSR count). The summed E-state index contributed by atoms with van der Waals surface area (Å²) in [6, 6.07) is 11.2. The average Bonchev–Trinajstić information content (AvgIpc) is 3.20. The highest BCUT2D eigenvalue weighted by molar-refractivity contribution is 5.87. The summed E-state index contributed by atoms with van der Waals surface area (Å²) >= 11 is 0. The van der Waals surface area contributed by atoms with Crippen LogP contribution in [0.2, 0.25) is 0 Å². The summed E-state index contributed by atoms with van der Waals surface area (Å²) in [7, 11) is 0. The number of hydrogen-bond acceptors (Lipinski definition) is 16. The summed E-state index contributed by atoms with van der Waals surface area (Å²) in [6.45, 7) is 8.37. The van der Waals surface area contributed by atoms with Crippen LogP contribution in [0.4, 0.5) is 0 Å². The minimum atomic E-state index is -1.87. The predicted molar refractivity (Wildman–Crippen MR) is 207 cm³/mol. The van der Waals surface area contributed by atoms with E-state index in [4.69, 9.17) is 33.2 Å². The van der Waals surface area contributed by atoms with Crippen molar-refractivity contribution >= 4 is 18.1 Å². The lowest BCUT2D eigenvalue weighted by Crippen LogP contribution is -2.59. The number of carbonyl (C=O) groups is 1. The molecule has 0 amide bonds. The number of allylic oxidation sites excluding steroid dienone is 1. The number of aliphatic hydroxyl groups is 6. The Morgan fingerprint density at radius 2 is 1.59 bits per heavy atom. The number of ether oxygens (including phenoxy) is 7. The smallest absolute Gasteiger partial charge is 0.330 e. The molecule has 3 aliphatic rings. The third-order valence-electron chi connectivity index (χ3n) is 9.76. The number of carbonyl (C=O) groups excluding carboxylic acids is 1. The van der Waals surface area contributed by atoms with Crippen LogP contribution in [0.3, 0.4) is 0 Å². The molecule has 0 bridgehead atoms. The van der Waals surface area contributed by atoms with Gasteiger partial charge < -0.3 is 79.1 Å². The molecule has 0 aliphatic carbocycles. The van der Waals surface area contributed by atoms with Crippen molar-refractivity contribution in [3.8, 4) is 34.5 Å². The van der Waals surface area contributed by atoms with Gasteiger partial charge in [0.05, 0.1) is 29.6 Å². The van der Waals surface area contributed by atoms with Crippen molar-refractivity contribution < 1.29 is 83.9 Å². The Morgan fingerprint density at radius 1 is 0.864 bits per heavy atom. The summed E-state index contributed by atoms with van der Waals surface area (Å²) in [5.41, 5.74) is 1.29. The molecule has 3 aromatic carbocycles. The number of fused-ring (bicyclic) bond motifs is 1. The van der Waals surface area contributed by atoms with E-state index in [9.17, 15) is 50.8 Å². The zero-order valence-electron chi connectivity index (χ0n) is 31.8. The van der Waals surface area contributed by atoms with Gasteiger partial charge in [-0.2, -0.15) is 0 Å². The fourth-order valence-corrected chi connectivity index (χ4v) is 6.58. The first-order chi connectivity index (χ1) is 28.1. The minimum absolute atomic E-state index is 0.00923. The third-order valence-corrected chi connectivity index (χ3v) is 9.76. The Bertz CT molecular complexity index is 2040. The average molecular weight is 824 g/mol. The van der Waals surface area contributed by atoms with Gasteiger partial charge in [0.1, 0.15) is 66.5 Å². The van der Waals surface area contributed by atoms with Crippen LogP contribution in [0.5, 0.6) is 34.5 Å². The molecule has 0 spiro atoms. The second kappa shape index (κ2) is 18.4. The number of rotatable bonds is 14. The minimum Gasteiger partial charge on any atom is -0.571 e. The van der Waals surface area contributed by atoms with Crippen LogP contribution >= 0.6 is 0 Å². The fraction of sp³-hybridized carbons (Fsp3) is 0.357. The van der Waals surface area contributed by atoms with Crippen molar-refractivity contribution in [3.63, 3.8) is 0 Å². The van der Waals surface area contributed by atoms with Gasteiger partial charge in [0.25, 0.3) is 11.9 Å². The van der Waals surface area contributed by atoms with Gasteiger partial charge in [-0.25, -0.2) is 4.79 Å². The molecule has 10 N–H and O–H groups in total. The molecule has 0 radical (unpaired) electrons. The van der Waals surface area contributed by atoms with Gasteiger partial charge in [-0.05, 0) is 48.4 Å². The molecule has 59 heavy (non-hydrogen) atoms. The molecule has 2 saturated heterocycles. The Hall–Kier alpha value is -5.79. The number of benzene rings is 3. The first kappa shape index (κ1) is 42.8. The first-order valence-electron chi connectivity index (χ1n) is 18.5. The lowest BCUT2D eigenvalue weighted by atomic mass is 9.97. The Kier molecular flexibility index (Phi) is 13.4. The normalized spacial score (nSPS) is 27.8. The third kappa shape index (κ3) is 10.1. The zero-order chi connectivity index (χ0) is 42.5. The predicted octanol–water partition coefficient (Wildman–Crippen LogP) is 2.56. The van der Waals surface area contributed by atoms with E-state index < -0.39 is 79.7 Å². The molecule has 10 atom stereocenters. The van der Waals surface area contributed by atoms with Crippen LogP contribution in [-0.2, 0) is 28.5 Å². The molecule has 17 heteroatoms. The highest BCUT2D eigenvalue weighted by Gasteiger charge is 2.48. The summed E-state index contributed by atoms with van der Waals surface area (Å²) in [6.07, 6.45) is -8.83. The van der Waals surface area contributed by atoms with Crippen LogP contribution in [0.15, 0.2) is 85.4 Å². The number of aryl methyl sites for hydroxylation is 1. The van der Waals surface area contributed by atoms with Crippen molar-refractivity contribution in [2.75, 3.05) is 13.2 Å². The number of phenolic OH excluding ortho intramolecular Hbond substituents is 4. The molecule has 0 saturated carbocycles. The van der Waals surface area contributed by atoms with E-state index in [-0.39, 0.29) is 64.2 Å². The van der Waals surface area contributed by atoms with Gasteiger partial charge in [-0.1, -0.05) is 24.8 Å². The maximum Gasteiger partial charge on any atom is 0.330 e. The first-order valence-corrected chi connectivity index (χ1v) is 18.5. The summed E-state index contributed by atoms with van der Waals surface area (Å²) in [5, 5.41) is 95.3. The molecule has 316 valence electrons. The van der Waals surface area contributed by atoms with E-state index in [0.717, 1.165) is 6.08 Å². The van der Waals surface area contributed by atoms with Crippen molar-refractivity contribution in [2.24, 2.45) is 0 Å². The standard InChI is InChI=1S/C42H46O17/c1-4-5-21(3)53-18-26-16-29(46)36(49)41(55-26)57-31-15-25(44)14-30-27(31)17-32(40(56-30)23-12-20(2)35(48)28(45)13-23)58-42-39(52)38(51)37(50)33(59-42)19-54-34(47)11-8-22-6-9-24(43)10-7-22/h4,6-15,17,26,29,33,36-46,48-52H,1,3,5,16,18-19H2,2H3/p+1/b11-8+/t26-,29-,33+,36+,37+,38-,39+,40?,41-,42+/m0/s1. The second-order valence-corrected chi connectivity index (χ2v) is 14.2. The topological polar surface area (TPSA) is 267 Å². The fourth-order valence-electron chi connectivity index (χ4n) is 6.58. The quantitative estimate of drug-likeness (QED) is 0.0282. The van der Waals surface area contributed by atoms with E-state index in [0.29, 0.717) is 17.7 Å². The number of aliphatic hydroxyl groups excluding tert-OH is 5. The summed E-state index contributed by atoms with van der Waals surface area (Å²) < 4.78 is 39.7. The molecule has 0 aromatic heterocycles. The Labute approximate surface area is 338 Å². The van der Waals surface area contributed by atoms with Crippen LogP contribution < -0.4 is 4.74 Å². The van der Waals surface area contributed by atoms with E-state index >= 15 is 0 Å². The van der Waals surface area contributed by atoms with Crippen molar-refractivity contribution in [1.29, 1.82) is 0 Å². The van der Waals surface area contributed by atoms with Gasteiger partial charge in [-0.3, -0.25) is 0 Å². The summed E-state index contributed by atoms with van der Waals surface area (Å²) in [5.74, 6) is -1.60.